The standard InChI is InChI=1S/C21H24F2O/c1-7-8-18-9-15(4)20(16(5)10-18)21(22,23)24-19-11-13(2)17(6)14(3)12-19/h7-12H,1-6H3/b8-7+. The molecular weight excluding hydrogens is 306 g/mol. The van der Waals surface area contributed by atoms with E-state index in [1.54, 1.807) is 38.1 Å². The molecule has 128 valence electrons. The van der Waals surface area contributed by atoms with E-state index in [1.165, 1.54) is 0 Å². The lowest BCUT2D eigenvalue weighted by molar-refractivity contribution is -0.186. The minimum Gasteiger partial charge on any atom is -0.429 e. The third kappa shape index (κ3) is 3.66. The molecule has 0 radical (unpaired) electrons. The average Bonchev–Trinajstić information content (AvgIpc) is 2.43. The molecule has 2 aromatic rings. The van der Waals surface area contributed by atoms with Gasteiger partial charge in [0.2, 0.25) is 0 Å². The van der Waals surface area contributed by atoms with Gasteiger partial charge in [-0.05, 0) is 87.1 Å². The number of hydrogen-bond acceptors (Lipinski definition) is 1. The number of hydrogen-bond donors (Lipinski definition) is 0. The second-order valence-electron chi connectivity index (χ2n) is 6.33. The zero-order valence-corrected chi connectivity index (χ0v) is 15.1. The highest BCUT2D eigenvalue weighted by Crippen LogP contribution is 2.37. The molecule has 0 aliphatic rings. The van der Waals surface area contributed by atoms with Crippen molar-refractivity contribution in [3.63, 3.8) is 0 Å². The lowest BCUT2D eigenvalue weighted by Crippen LogP contribution is -2.24. The van der Waals surface area contributed by atoms with Gasteiger partial charge in [-0.15, -0.1) is 0 Å². The number of alkyl halides is 2. The molecule has 3 heteroatoms. The molecule has 0 spiro atoms. The molecule has 0 N–H and O–H groups in total. The number of rotatable bonds is 4. The summed E-state index contributed by atoms with van der Waals surface area (Å²) in [6.45, 7) is 11.1. The first kappa shape index (κ1) is 18.2. The summed E-state index contributed by atoms with van der Waals surface area (Å²) in [7, 11) is 0. The van der Waals surface area contributed by atoms with Crippen molar-refractivity contribution in [2.24, 2.45) is 0 Å². The van der Waals surface area contributed by atoms with Gasteiger partial charge in [0, 0.05) is 0 Å². The van der Waals surface area contributed by atoms with Gasteiger partial charge in [0.15, 0.2) is 0 Å². The van der Waals surface area contributed by atoms with Gasteiger partial charge in [-0.3, -0.25) is 0 Å². The van der Waals surface area contributed by atoms with Crippen molar-refractivity contribution in [1.29, 1.82) is 0 Å². The molecule has 0 saturated heterocycles. The van der Waals surface area contributed by atoms with Gasteiger partial charge < -0.3 is 4.74 Å². The summed E-state index contributed by atoms with van der Waals surface area (Å²) < 4.78 is 34.7. The van der Waals surface area contributed by atoms with Crippen LogP contribution in [0, 0.1) is 34.6 Å². The monoisotopic (exact) mass is 330 g/mol. The quantitative estimate of drug-likeness (QED) is 0.631. The number of aryl methyl sites for hydroxylation is 4. The van der Waals surface area contributed by atoms with Crippen LogP contribution in [0.3, 0.4) is 0 Å². The molecule has 0 aliphatic carbocycles. The maximum absolute atomic E-state index is 14.8. The SMILES string of the molecule is C/C=C/c1cc(C)c(C(F)(F)Oc2cc(C)c(C)c(C)c2)c(C)c1. The van der Waals surface area contributed by atoms with E-state index in [0.717, 1.165) is 22.3 Å². The number of ether oxygens (including phenoxy) is 1. The summed E-state index contributed by atoms with van der Waals surface area (Å²) in [5.74, 6) is 0.192. The predicted octanol–water partition coefficient (Wildman–Crippen LogP) is 6.39. The van der Waals surface area contributed by atoms with Gasteiger partial charge in [-0.2, -0.15) is 8.78 Å². The second kappa shape index (κ2) is 6.76. The van der Waals surface area contributed by atoms with Crippen LogP contribution < -0.4 is 4.74 Å². The van der Waals surface area contributed by atoms with Crippen LogP contribution in [0.4, 0.5) is 8.78 Å². The molecule has 0 aromatic heterocycles. The summed E-state index contributed by atoms with van der Waals surface area (Å²) in [6, 6.07) is 6.83. The topological polar surface area (TPSA) is 9.23 Å². The Morgan fingerprint density at radius 1 is 0.833 bits per heavy atom. The van der Waals surface area contributed by atoms with Gasteiger partial charge in [0.1, 0.15) is 5.75 Å². The van der Waals surface area contributed by atoms with Crippen molar-refractivity contribution in [2.45, 2.75) is 47.7 Å². The van der Waals surface area contributed by atoms with Crippen molar-refractivity contribution in [2.75, 3.05) is 0 Å². The molecule has 1 nitrogen and oxygen atoms in total. The van der Waals surface area contributed by atoms with E-state index in [2.05, 4.69) is 0 Å². The fourth-order valence-corrected chi connectivity index (χ4v) is 3.00. The third-order valence-electron chi connectivity index (χ3n) is 4.35. The summed E-state index contributed by atoms with van der Waals surface area (Å²) in [5.41, 5.74) is 4.87. The van der Waals surface area contributed by atoms with Crippen molar-refractivity contribution >= 4 is 6.08 Å². The largest absolute Gasteiger partial charge is 0.429 e. The minimum atomic E-state index is -3.38. The van der Waals surface area contributed by atoms with Gasteiger partial charge >= 0.3 is 6.11 Å². The molecule has 0 unspecified atom stereocenters. The molecule has 0 amide bonds. The molecule has 0 heterocycles. The highest BCUT2D eigenvalue weighted by Gasteiger charge is 2.38. The maximum Gasteiger partial charge on any atom is 0.427 e. The fourth-order valence-electron chi connectivity index (χ4n) is 3.00. The zero-order chi connectivity index (χ0) is 18.1. The van der Waals surface area contributed by atoms with Gasteiger partial charge in [-0.1, -0.05) is 24.3 Å². The number of allylic oxidation sites excluding steroid dienone is 1. The summed E-state index contributed by atoms with van der Waals surface area (Å²) >= 11 is 0. The van der Waals surface area contributed by atoms with E-state index in [0.29, 0.717) is 11.1 Å². The van der Waals surface area contributed by atoms with Crippen molar-refractivity contribution in [1.82, 2.24) is 0 Å². The van der Waals surface area contributed by atoms with Crippen LogP contribution in [0.15, 0.2) is 30.3 Å². The lowest BCUT2D eigenvalue weighted by Gasteiger charge is -2.23. The highest BCUT2D eigenvalue weighted by molar-refractivity contribution is 5.54. The Morgan fingerprint density at radius 3 is 1.79 bits per heavy atom. The predicted molar refractivity (Wildman–Crippen MR) is 95.8 cm³/mol. The lowest BCUT2D eigenvalue weighted by atomic mass is 9.98. The molecule has 0 atom stereocenters. The Balaban J connectivity index is 2.44. The Hall–Kier alpha value is -2.16. The molecule has 0 aliphatic heterocycles. The van der Waals surface area contributed by atoms with E-state index in [9.17, 15) is 8.78 Å². The summed E-state index contributed by atoms with van der Waals surface area (Å²) in [5, 5.41) is 0. The molecule has 0 bridgehead atoms. The minimum absolute atomic E-state index is 0.0633. The van der Waals surface area contributed by atoms with E-state index in [4.69, 9.17) is 4.74 Å². The first-order valence-electron chi connectivity index (χ1n) is 8.04. The third-order valence-corrected chi connectivity index (χ3v) is 4.35. The van der Waals surface area contributed by atoms with E-state index in [-0.39, 0.29) is 11.3 Å². The first-order chi connectivity index (χ1) is 11.2. The molecule has 0 saturated carbocycles. The molecule has 24 heavy (non-hydrogen) atoms. The van der Waals surface area contributed by atoms with E-state index < -0.39 is 6.11 Å². The van der Waals surface area contributed by atoms with Crippen LogP contribution >= 0.6 is 0 Å². The summed E-state index contributed by atoms with van der Waals surface area (Å²) in [6.07, 6.45) is 0.409. The zero-order valence-electron chi connectivity index (χ0n) is 15.1. The van der Waals surface area contributed by atoms with Crippen LogP contribution in [0.1, 0.15) is 45.9 Å². The first-order valence-corrected chi connectivity index (χ1v) is 8.04. The Labute approximate surface area is 143 Å². The Morgan fingerprint density at radius 2 is 1.33 bits per heavy atom. The number of halogens is 2. The molecule has 0 fully saturated rings. The fraction of sp³-hybridized carbons (Fsp3) is 0.333. The van der Waals surface area contributed by atoms with Crippen molar-refractivity contribution < 1.29 is 13.5 Å². The molecular formula is C21H24F2O. The van der Waals surface area contributed by atoms with Crippen LogP contribution in [-0.4, -0.2) is 0 Å². The van der Waals surface area contributed by atoms with Crippen molar-refractivity contribution in [3.05, 3.63) is 69.3 Å². The van der Waals surface area contributed by atoms with Crippen molar-refractivity contribution in [3.8, 4) is 5.75 Å². The molecule has 2 aromatic carbocycles. The van der Waals surface area contributed by atoms with Crippen LogP contribution in [0.25, 0.3) is 6.08 Å². The van der Waals surface area contributed by atoms with Gasteiger partial charge in [-0.25, -0.2) is 0 Å². The molecule has 2 rings (SSSR count). The normalized spacial score (nSPS) is 12.0. The van der Waals surface area contributed by atoms with Crippen LogP contribution in [-0.2, 0) is 6.11 Å². The highest BCUT2D eigenvalue weighted by atomic mass is 19.3. The smallest absolute Gasteiger partial charge is 0.427 e. The second-order valence-corrected chi connectivity index (χ2v) is 6.33. The Kier molecular flexibility index (Phi) is 5.12. The average molecular weight is 330 g/mol. The maximum atomic E-state index is 14.8. The van der Waals surface area contributed by atoms with E-state index in [1.807, 2.05) is 39.8 Å². The van der Waals surface area contributed by atoms with Gasteiger partial charge in [0.05, 0.1) is 5.56 Å². The number of benzene rings is 2. The summed E-state index contributed by atoms with van der Waals surface area (Å²) in [4.78, 5) is 0. The van der Waals surface area contributed by atoms with Crippen LogP contribution in [0.5, 0.6) is 5.75 Å². The van der Waals surface area contributed by atoms with Gasteiger partial charge in [0.25, 0.3) is 0 Å². The Bertz CT molecular complexity index is 742. The van der Waals surface area contributed by atoms with Crippen LogP contribution in [0.2, 0.25) is 0 Å². The van der Waals surface area contributed by atoms with E-state index >= 15 is 0 Å².